The molecule has 1 N–H and O–H groups in total. The lowest BCUT2D eigenvalue weighted by molar-refractivity contribution is -0.162. The molecule has 3 aromatic rings. The lowest BCUT2D eigenvalue weighted by atomic mass is 9.39. The van der Waals surface area contributed by atoms with Crippen LogP contribution in [-0.4, -0.2) is 53.9 Å². The first-order valence-corrected chi connectivity index (χ1v) is 18.9. The smallest absolute Gasteiger partial charge is 0.206 e. The number of benzene rings is 2. The highest BCUT2D eigenvalue weighted by atomic mass is 35.5. The van der Waals surface area contributed by atoms with Crippen molar-refractivity contribution in [3.05, 3.63) is 125 Å². The van der Waals surface area contributed by atoms with Crippen molar-refractivity contribution in [3.8, 4) is 0 Å². The molecule has 2 aromatic carbocycles. The standard InChI is InChI=1S/C26H30O5.C20H21N.ClH/c1-22(2)17(27)7-9-23(3)16-6-10-24(4)15(14-8-11-30-13-14)12-18-26(24,31-18)25(16,5)21(29)19(28)20(22)23;1-21(2)15-7-12-20-18-10-5-3-8-16(18)13-14-17-9-4-6-11-19(17)20;/h7-9,11,13,15-16,18,28H,6,10,12H2,1-5H3;3-6,8-14H,7,15H2,1-2H3;1H. The third kappa shape index (κ3) is 5.12. The number of carbonyl (C=O) groups is 2. The summed E-state index contributed by atoms with van der Waals surface area (Å²) in [5.41, 5.74) is 5.21. The van der Waals surface area contributed by atoms with Crippen LogP contribution in [0, 0.1) is 27.6 Å². The number of carbonyl (C=O) groups excluding carboxylic acids is 2. The molecule has 5 aliphatic carbocycles. The number of epoxide rings is 1. The summed E-state index contributed by atoms with van der Waals surface area (Å²) in [6.45, 7) is 11.1. The van der Waals surface area contributed by atoms with Gasteiger partial charge in [-0.1, -0.05) is 86.7 Å². The van der Waals surface area contributed by atoms with Crippen LogP contribution in [0.1, 0.15) is 94.0 Å². The summed E-state index contributed by atoms with van der Waals surface area (Å²) in [6, 6.07) is 19.3. The molecule has 0 bridgehead atoms. The van der Waals surface area contributed by atoms with Crippen LogP contribution < -0.4 is 0 Å². The Labute approximate surface area is 320 Å². The molecule has 9 rings (SSSR count). The number of Topliss-reactive ketones (excluding diaryl/α,β-unsaturated/α-hetero) is 1. The second kappa shape index (κ2) is 12.8. The Morgan fingerprint density at radius 3 is 2.15 bits per heavy atom. The minimum Gasteiger partial charge on any atom is -0.504 e. The summed E-state index contributed by atoms with van der Waals surface area (Å²) in [5.74, 6) is -0.312. The maximum atomic E-state index is 14.0. The van der Waals surface area contributed by atoms with E-state index < -0.39 is 21.8 Å². The number of ketones is 2. The molecule has 53 heavy (non-hydrogen) atoms. The van der Waals surface area contributed by atoms with Crippen LogP contribution >= 0.6 is 12.4 Å². The van der Waals surface area contributed by atoms with Gasteiger partial charge in [-0.15, -0.1) is 12.4 Å². The molecule has 6 nitrogen and oxygen atoms in total. The van der Waals surface area contributed by atoms with Gasteiger partial charge in [-0.2, -0.15) is 0 Å². The van der Waals surface area contributed by atoms with Gasteiger partial charge in [-0.3, -0.25) is 9.59 Å². The van der Waals surface area contributed by atoms with Crippen LogP contribution in [0.5, 0.6) is 0 Å². The quantitative estimate of drug-likeness (QED) is 0.210. The molecule has 2 heterocycles. The van der Waals surface area contributed by atoms with Gasteiger partial charge in [0.15, 0.2) is 11.5 Å². The van der Waals surface area contributed by atoms with Crippen LogP contribution in [0.3, 0.4) is 0 Å². The number of hydrogen-bond acceptors (Lipinski definition) is 6. The van der Waals surface area contributed by atoms with Gasteiger partial charge >= 0.3 is 0 Å². The number of aliphatic hydroxyl groups excluding tert-OH is 1. The molecule has 7 unspecified atom stereocenters. The fourth-order valence-corrected chi connectivity index (χ4v) is 11.6. The van der Waals surface area contributed by atoms with E-state index in [4.69, 9.17) is 9.15 Å². The van der Waals surface area contributed by atoms with Crippen molar-refractivity contribution in [1.82, 2.24) is 4.90 Å². The van der Waals surface area contributed by atoms with Crippen LogP contribution in [0.2, 0.25) is 0 Å². The fourth-order valence-electron chi connectivity index (χ4n) is 11.6. The average Bonchev–Trinajstić information content (AvgIpc) is 3.54. The minimum absolute atomic E-state index is 0. The molecule has 0 radical (unpaired) electrons. The van der Waals surface area contributed by atoms with Gasteiger partial charge in [0.2, 0.25) is 5.78 Å². The molecule has 2 saturated carbocycles. The van der Waals surface area contributed by atoms with Crippen LogP contribution in [0.4, 0.5) is 0 Å². The van der Waals surface area contributed by atoms with E-state index in [0.717, 1.165) is 32.2 Å². The molecule has 0 amide bonds. The third-order valence-corrected chi connectivity index (χ3v) is 14.0. The van der Waals surface area contributed by atoms with Crippen molar-refractivity contribution in [1.29, 1.82) is 0 Å². The van der Waals surface area contributed by atoms with Gasteiger partial charge in [0.25, 0.3) is 0 Å². The number of aliphatic hydroxyl groups is 1. The molecule has 1 aromatic heterocycles. The maximum absolute atomic E-state index is 14.0. The number of halogens is 1. The van der Waals surface area contributed by atoms with Crippen molar-refractivity contribution < 1.29 is 23.8 Å². The second-order valence-corrected chi connectivity index (χ2v) is 17.3. The van der Waals surface area contributed by atoms with E-state index in [1.54, 1.807) is 12.3 Å². The zero-order chi connectivity index (χ0) is 36.8. The second-order valence-electron chi connectivity index (χ2n) is 17.3. The van der Waals surface area contributed by atoms with Crippen LogP contribution in [0.15, 0.2) is 101 Å². The first-order valence-electron chi connectivity index (χ1n) is 18.9. The monoisotopic (exact) mass is 733 g/mol. The first-order chi connectivity index (χ1) is 24.7. The molecule has 1 saturated heterocycles. The van der Waals surface area contributed by atoms with Crippen molar-refractivity contribution in [2.24, 2.45) is 27.6 Å². The summed E-state index contributed by atoms with van der Waals surface area (Å²) in [6.07, 6.45) is 17.6. The van der Waals surface area contributed by atoms with E-state index in [0.29, 0.717) is 5.57 Å². The SMILES string of the molecule is CC1(C)C(=O)C=CC2(C)C1=C(O)C(=O)C1(C)C2CCC2(C)C(c3ccoc3)CC3OC321.CN(C)CCC=C1c2ccccc2C=Cc2ccccc21.Cl. The summed E-state index contributed by atoms with van der Waals surface area (Å²) < 4.78 is 11.9. The van der Waals surface area contributed by atoms with Gasteiger partial charge in [-0.25, -0.2) is 0 Å². The van der Waals surface area contributed by atoms with Gasteiger partial charge in [-0.05, 0) is 123 Å². The normalized spacial score (nSPS) is 34.0. The number of rotatable bonds is 4. The number of furan rings is 1. The Kier molecular flexibility index (Phi) is 9.03. The van der Waals surface area contributed by atoms with E-state index in [9.17, 15) is 14.7 Å². The summed E-state index contributed by atoms with van der Waals surface area (Å²) in [5, 5.41) is 11.4. The van der Waals surface area contributed by atoms with E-state index in [2.05, 4.69) is 99.6 Å². The largest absolute Gasteiger partial charge is 0.504 e. The highest BCUT2D eigenvalue weighted by Crippen LogP contribution is 2.81. The van der Waals surface area contributed by atoms with Crippen molar-refractivity contribution in [2.75, 3.05) is 20.6 Å². The van der Waals surface area contributed by atoms with Crippen LogP contribution in [0.25, 0.3) is 17.7 Å². The molecule has 1 aliphatic heterocycles. The number of allylic oxidation sites excluding steroid dienone is 4. The molecule has 1 spiro atoms. The Hall–Kier alpha value is -3.97. The number of hydrogen-bond donors (Lipinski definition) is 1. The molecular weight excluding hydrogens is 682 g/mol. The molecular formula is C46H52ClNO5. The predicted molar refractivity (Wildman–Crippen MR) is 213 cm³/mol. The predicted octanol–water partition coefficient (Wildman–Crippen LogP) is 9.87. The summed E-state index contributed by atoms with van der Waals surface area (Å²) in [7, 11) is 4.24. The molecule has 6 aliphatic rings. The van der Waals surface area contributed by atoms with Gasteiger partial charge in [0.1, 0.15) is 5.60 Å². The highest BCUT2D eigenvalue weighted by molar-refractivity contribution is 6.06. The molecule has 3 fully saturated rings. The Bertz CT molecular complexity index is 2040. The van der Waals surface area contributed by atoms with Crippen molar-refractivity contribution in [3.63, 3.8) is 0 Å². The zero-order valence-corrected chi connectivity index (χ0v) is 32.8. The summed E-state index contributed by atoms with van der Waals surface area (Å²) >= 11 is 0. The lowest BCUT2D eigenvalue weighted by Crippen LogP contribution is -2.66. The van der Waals surface area contributed by atoms with Crippen LogP contribution in [-0.2, 0) is 14.3 Å². The number of ether oxygens (including phenoxy) is 1. The van der Waals surface area contributed by atoms with Crippen molar-refractivity contribution in [2.45, 2.75) is 77.9 Å². The van der Waals surface area contributed by atoms with Gasteiger partial charge in [0.05, 0.1) is 29.5 Å². The third-order valence-electron chi connectivity index (χ3n) is 14.0. The Balaban J connectivity index is 0.000000174. The molecule has 278 valence electrons. The Morgan fingerprint density at radius 1 is 0.906 bits per heavy atom. The lowest BCUT2D eigenvalue weighted by Gasteiger charge is -2.62. The van der Waals surface area contributed by atoms with E-state index in [-0.39, 0.29) is 53.1 Å². The zero-order valence-electron chi connectivity index (χ0n) is 31.9. The number of fused-ring (bicyclic) bond motifs is 5. The maximum Gasteiger partial charge on any atom is 0.206 e. The first kappa shape index (κ1) is 37.3. The average molecular weight is 734 g/mol. The minimum atomic E-state index is -0.901. The molecule has 7 heteroatoms. The summed E-state index contributed by atoms with van der Waals surface area (Å²) in [4.78, 5) is 29.0. The van der Waals surface area contributed by atoms with E-state index in [1.807, 2.05) is 39.2 Å². The number of nitrogens with zero attached hydrogens (tertiary/aromatic N) is 1. The van der Waals surface area contributed by atoms with Gasteiger partial charge in [0, 0.05) is 17.4 Å². The topological polar surface area (TPSA) is 83.3 Å². The van der Waals surface area contributed by atoms with E-state index in [1.165, 1.54) is 33.4 Å². The van der Waals surface area contributed by atoms with Crippen molar-refractivity contribution >= 4 is 41.7 Å². The van der Waals surface area contributed by atoms with E-state index >= 15 is 0 Å². The fraction of sp³-hybridized carbons (Fsp3) is 0.435. The Morgan fingerprint density at radius 2 is 1.55 bits per heavy atom. The molecule has 7 atom stereocenters. The van der Waals surface area contributed by atoms with Gasteiger partial charge < -0.3 is 19.2 Å². The highest BCUT2D eigenvalue weighted by Gasteiger charge is 2.87.